The van der Waals surface area contributed by atoms with Crippen LogP contribution in [0.5, 0.6) is 11.5 Å². The van der Waals surface area contributed by atoms with Crippen LogP contribution in [0, 0.1) is 0 Å². The van der Waals surface area contributed by atoms with Gasteiger partial charge in [-0.3, -0.25) is 4.84 Å². The Kier molecular flexibility index (Phi) is 2.79. The lowest BCUT2D eigenvalue weighted by Gasteiger charge is -2.12. The quantitative estimate of drug-likeness (QED) is 0.773. The smallest absolute Gasteiger partial charge is 0.231 e. The van der Waals surface area contributed by atoms with Gasteiger partial charge in [-0.25, -0.2) is 5.90 Å². The Morgan fingerprint density at radius 2 is 2.00 bits per heavy atom. The fourth-order valence-electron chi connectivity index (χ4n) is 1.75. The molecular formula is C11H15NO3. The van der Waals surface area contributed by atoms with Crippen molar-refractivity contribution in [2.24, 2.45) is 5.90 Å². The van der Waals surface area contributed by atoms with Crippen molar-refractivity contribution in [2.45, 2.75) is 26.4 Å². The molecule has 0 fully saturated rings. The van der Waals surface area contributed by atoms with Crippen molar-refractivity contribution in [3.05, 3.63) is 23.3 Å². The monoisotopic (exact) mass is 209 g/mol. The summed E-state index contributed by atoms with van der Waals surface area (Å²) in [5.41, 5.74) is 2.24. The molecule has 1 aliphatic rings. The topological polar surface area (TPSA) is 53.7 Å². The molecule has 1 heterocycles. The van der Waals surface area contributed by atoms with Crippen molar-refractivity contribution < 1.29 is 14.3 Å². The average Bonchev–Trinajstić information content (AvgIpc) is 2.63. The van der Waals surface area contributed by atoms with Crippen molar-refractivity contribution in [1.29, 1.82) is 0 Å². The Morgan fingerprint density at radius 3 is 2.60 bits per heavy atom. The number of nitrogens with two attached hydrogens (primary N) is 1. The van der Waals surface area contributed by atoms with Crippen molar-refractivity contribution in [3.8, 4) is 11.5 Å². The van der Waals surface area contributed by atoms with Gasteiger partial charge >= 0.3 is 0 Å². The van der Waals surface area contributed by atoms with Gasteiger partial charge in [0, 0.05) is 0 Å². The lowest BCUT2D eigenvalue weighted by atomic mass is 9.97. The minimum Gasteiger partial charge on any atom is -0.454 e. The van der Waals surface area contributed by atoms with E-state index in [-0.39, 0.29) is 0 Å². The molecule has 0 saturated carbocycles. The van der Waals surface area contributed by atoms with Gasteiger partial charge in [-0.15, -0.1) is 0 Å². The number of benzene rings is 1. The number of ether oxygens (including phenoxy) is 2. The minimum absolute atomic E-state index is 0.291. The summed E-state index contributed by atoms with van der Waals surface area (Å²) >= 11 is 0. The first-order valence-electron chi connectivity index (χ1n) is 4.96. The van der Waals surface area contributed by atoms with E-state index in [1.165, 1.54) is 5.56 Å². The van der Waals surface area contributed by atoms with Crippen LogP contribution in [0.3, 0.4) is 0 Å². The van der Waals surface area contributed by atoms with Crippen molar-refractivity contribution in [1.82, 2.24) is 0 Å². The molecule has 1 aliphatic heterocycles. The Morgan fingerprint density at radius 1 is 1.33 bits per heavy atom. The molecule has 0 unspecified atom stereocenters. The summed E-state index contributed by atoms with van der Waals surface area (Å²) < 4.78 is 10.6. The second-order valence-corrected chi connectivity index (χ2v) is 3.87. The molecule has 2 N–H and O–H groups in total. The molecule has 0 bridgehead atoms. The van der Waals surface area contributed by atoms with Gasteiger partial charge in [0.05, 0.1) is 6.61 Å². The fourth-order valence-corrected chi connectivity index (χ4v) is 1.75. The van der Waals surface area contributed by atoms with Crippen LogP contribution < -0.4 is 15.4 Å². The fraction of sp³-hybridized carbons (Fsp3) is 0.455. The minimum atomic E-state index is 0.291. The van der Waals surface area contributed by atoms with Crippen molar-refractivity contribution >= 4 is 0 Å². The van der Waals surface area contributed by atoms with Gasteiger partial charge in [0.15, 0.2) is 11.5 Å². The lowest BCUT2D eigenvalue weighted by molar-refractivity contribution is 0.123. The third-order valence-electron chi connectivity index (χ3n) is 2.50. The Bertz CT molecular complexity index is 363. The highest BCUT2D eigenvalue weighted by Gasteiger charge is 2.18. The van der Waals surface area contributed by atoms with E-state index in [0.29, 0.717) is 19.3 Å². The van der Waals surface area contributed by atoms with Crippen LogP contribution in [0.2, 0.25) is 0 Å². The molecule has 0 radical (unpaired) electrons. The zero-order valence-corrected chi connectivity index (χ0v) is 8.95. The van der Waals surface area contributed by atoms with Crippen LogP contribution in [-0.2, 0) is 11.4 Å². The highest BCUT2D eigenvalue weighted by atomic mass is 16.7. The predicted octanol–water partition coefficient (Wildman–Crippen LogP) is 1.93. The molecule has 0 saturated heterocycles. The lowest BCUT2D eigenvalue weighted by Crippen LogP contribution is -2.03. The second kappa shape index (κ2) is 4.08. The predicted molar refractivity (Wildman–Crippen MR) is 55.6 cm³/mol. The molecule has 0 amide bonds. The maximum atomic E-state index is 5.33. The molecule has 1 aromatic carbocycles. The summed E-state index contributed by atoms with van der Waals surface area (Å²) in [6.45, 7) is 4.93. The van der Waals surface area contributed by atoms with Gasteiger partial charge in [-0.1, -0.05) is 13.8 Å². The first-order chi connectivity index (χ1) is 7.22. The standard InChI is InChI=1S/C11H15NO3/c1-7(2)9-4-11-10(13-6-14-11)3-8(9)5-15-12/h3-4,7H,5-6,12H2,1-2H3. The second-order valence-electron chi connectivity index (χ2n) is 3.87. The van der Waals surface area contributed by atoms with E-state index in [2.05, 4.69) is 18.7 Å². The van der Waals surface area contributed by atoms with E-state index in [9.17, 15) is 0 Å². The van der Waals surface area contributed by atoms with Crippen LogP contribution in [-0.4, -0.2) is 6.79 Å². The molecule has 0 aliphatic carbocycles. The summed E-state index contributed by atoms with van der Waals surface area (Å²) in [6, 6.07) is 3.94. The van der Waals surface area contributed by atoms with Gasteiger partial charge in [0.1, 0.15) is 0 Å². The van der Waals surface area contributed by atoms with Gasteiger partial charge in [0.2, 0.25) is 6.79 Å². The van der Waals surface area contributed by atoms with E-state index in [0.717, 1.165) is 17.1 Å². The number of hydrogen-bond acceptors (Lipinski definition) is 4. The third kappa shape index (κ3) is 1.91. The number of rotatable bonds is 3. The Balaban J connectivity index is 2.42. The molecule has 82 valence electrons. The normalized spacial score (nSPS) is 13.6. The molecule has 4 heteroatoms. The third-order valence-corrected chi connectivity index (χ3v) is 2.50. The highest BCUT2D eigenvalue weighted by molar-refractivity contribution is 5.49. The summed E-state index contributed by atoms with van der Waals surface area (Å²) in [5.74, 6) is 7.08. The summed E-state index contributed by atoms with van der Waals surface area (Å²) in [4.78, 5) is 4.68. The Hall–Kier alpha value is -1.26. The average molecular weight is 209 g/mol. The van der Waals surface area contributed by atoms with E-state index in [1.54, 1.807) is 0 Å². The maximum Gasteiger partial charge on any atom is 0.231 e. The van der Waals surface area contributed by atoms with E-state index in [1.807, 2.05) is 12.1 Å². The SMILES string of the molecule is CC(C)c1cc2c(cc1CON)OCO2. The van der Waals surface area contributed by atoms with E-state index >= 15 is 0 Å². The zero-order chi connectivity index (χ0) is 10.8. The molecule has 0 spiro atoms. The van der Waals surface area contributed by atoms with Crippen LogP contribution in [0.15, 0.2) is 12.1 Å². The van der Waals surface area contributed by atoms with Crippen LogP contribution >= 0.6 is 0 Å². The van der Waals surface area contributed by atoms with Crippen LogP contribution in [0.4, 0.5) is 0 Å². The molecule has 15 heavy (non-hydrogen) atoms. The Labute approximate surface area is 88.9 Å². The van der Waals surface area contributed by atoms with Gasteiger partial charge in [0.25, 0.3) is 0 Å². The number of hydrogen-bond donors (Lipinski definition) is 1. The highest BCUT2D eigenvalue weighted by Crippen LogP contribution is 2.37. The molecule has 4 nitrogen and oxygen atoms in total. The maximum absolute atomic E-state index is 5.33. The van der Waals surface area contributed by atoms with Gasteiger partial charge in [-0.2, -0.15) is 0 Å². The van der Waals surface area contributed by atoms with Crippen molar-refractivity contribution in [2.75, 3.05) is 6.79 Å². The van der Waals surface area contributed by atoms with Crippen LogP contribution in [0.25, 0.3) is 0 Å². The first kappa shape index (κ1) is 10.3. The van der Waals surface area contributed by atoms with Gasteiger partial charge in [-0.05, 0) is 29.2 Å². The van der Waals surface area contributed by atoms with Crippen LogP contribution in [0.1, 0.15) is 30.9 Å². The zero-order valence-electron chi connectivity index (χ0n) is 8.95. The summed E-state index contributed by atoms with van der Waals surface area (Å²) in [5, 5.41) is 0. The molecule has 0 atom stereocenters. The molecule has 1 aromatic rings. The summed E-state index contributed by atoms with van der Waals surface area (Å²) in [6.07, 6.45) is 0. The van der Waals surface area contributed by atoms with Crippen molar-refractivity contribution in [3.63, 3.8) is 0 Å². The number of fused-ring (bicyclic) bond motifs is 1. The first-order valence-corrected chi connectivity index (χ1v) is 4.96. The largest absolute Gasteiger partial charge is 0.454 e. The molecule has 0 aromatic heterocycles. The summed E-state index contributed by atoms with van der Waals surface area (Å²) in [7, 11) is 0. The molecule has 2 rings (SSSR count). The van der Waals surface area contributed by atoms with E-state index in [4.69, 9.17) is 15.4 Å². The molecular weight excluding hydrogens is 194 g/mol. The van der Waals surface area contributed by atoms with E-state index < -0.39 is 0 Å². The van der Waals surface area contributed by atoms with Gasteiger partial charge < -0.3 is 9.47 Å².